The Morgan fingerprint density at radius 1 is 1.20 bits per heavy atom. The van der Waals surface area contributed by atoms with E-state index in [1.807, 2.05) is 22.8 Å². The number of fused-ring (bicyclic) bond motifs is 4. The summed E-state index contributed by atoms with van der Waals surface area (Å²) >= 11 is 0. The number of nitrogens with zero attached hydrogens (tertiary/aromatic N) is 8. The van der Waals surface area contributed by atoms with Crippen LogP contribution in [0.15, 0.2) is 67.6 Å². The van der Waals surface area contributed by atoms with Crippen LogP contribution in [0.3, 0.4) is 0 Å². The predicted molar refractivity (Wildman–Crippen MR) is 195 cm³/mol. The van der Waals surface area contributed by atoms with Gasteiger partial charge in [0, 0.05) is 42.9 Å². The average molecular weight is 731 g/mol. The molecular weight excluding hydrogens is 697 g/mol. The predicted octanol–water partition coefficient (Wildman–Crippen LogP) is 5.71. The molecule has 3 fully saturated rings. The minimum absolute atomic E-state index is 0.0468. The van der Waals surface area contributed by atoms with Gasteiger partial charge in [-0.25, -0.2) is 13.2 Å². The molecule has 3 aliphatic heterocycles. The van der Waals surface area contributed by atoms with Crippen molar-refractivity contribution in [3.8, 4) is 41.4 Å². The molecule has 54 heavy (non-hydrogen) atoms. The van der Waals surface area contributed by atoms with Gasteiger partial charge in [-0.2, -0.15) is 15.2 Å². The van der Waals surface area contributed by atoms with Gasteiger partial charge in [-0.15, -0.1) is 6.42 Å². The number of phenolic OH excluding ortho intramolecular Hbond substituents is 1. The molecule has 1 N–H and O–H groups in total. The lowest BCUT2D eigenvalue weighted by atomic mass is 9.96. The van der Waals surface area contributed by atoms with Crippen molar-refractivity contribution < 1.29 is 27.8 Å². The number of carbonyl (C=O) groups excluding carboxylic acids is 1. The van der Waals surface area contributed by atoms with Crippen molar-refractivity contribution in [1.82, 2.24) is 24.8 Å². The normalized spacial score (nSPS) is 23.4. The summed E-state index contributed by atoms with van der Waals surface area (Å²) in [5.74, 6) is 0.0304. The van der Waals surface area contributed by atoms with Gasteiger partial charge in [-0.05, 0) is 55.1 Å². The van der Waals surface area contributed by atoms with E-state index in [2.05, 4.69) is 33.5 Å². The van der Waals surface area contributed by atoms with Crippen LogP contribution in [0, 0.1) is 41.2 Å². The lowest BCUT2D eigenvalue weighted by molar-refractivity contribution is -0.129. The molecule has 5 atom stereocenters. The third-order valence-corrected chi connectivity index (χ3v) is 10.7. The summed E-state index contributed by atoms with van der Waals surface area (Å²) < 4.78 is 53.3. The van der Waals surface area contributed by atoms with Crippen molar-refractivity contribution in [2.45, 2.75) is 43.6 Å². The summed E-state index contributed by atoms with van der Waals surface area (Å²) in [6, 6.07) is 10.1. The molecule has 2 aromatic carbocycles. The Kier molecular flexibility index (Phi) is 8.49. The summed E-state index contributed by atoms with van der Waals surface area (Å²) in [6.45, 7) is 6.00. The number of rotatable bonds is 7. The fourth-order valence-corrected chi connectivity index (χ4v) is 8.35. The van der Waals surface area contributed by atoms with Gasteiger partial charge in [0.05, 0.1) is 59.0 Å². The number of hydrogen-bond donors (Lipinski definition) is 1. The Morgan fingerprint density at radius 3 is 2.78 bits per heavy atom. The highest BCUT2D eigenvalue weighted by Gasteiger charge is 2.49. The molecule has 5 aromatic rings. The standard InChI is InChI=1S/C40H33F3N8O3/c1-4-28-31(42)9-8-22-12-27(52)13-29(34(22)28)36-35(43)37-30(17-46-36)38(49-19-26-11-23(15-44)32(20-49)51(26)33(53)5-2)48-39(47-37)54-21-40(3)14-24(41)18-50(40)25-7-6-10-45-16-25/h1,5-10,12-13,16-17,23-24,26,32,52H,2,11,14,18-21H2,3H3/t23?,24-,26-,32-,40+/m1/s1. The number of aromatic hydroxyl groups is 1. The summed E-state index contributed by atoms with van der Waals surface area (Å²) in [5.41, 5.74) is -0.660. The smallest absolute Gasteiger partial charge is 0.319 e. The average Bonchev–Trinajstić information content (AvgIpc) is 3.60. The van der Waals surface area contributed by atoms with Crippen LogP contribution in [-0.4, -0.2) is 85.9 Å². The van der Waals surface area contributed by atoms with Crippen LogP contribution in [0.5, 0.6) is 11.8 Å². The van der Waals surface area contributed by atoms with E-state index in [1.54, 1.807) is 23.4 Å². The maximum absolute atomic E-state index is 17.1. The maximum atomic E-state index is 17.1. The number of nitriles is 1. The van der Waals surface area contributed by atoms with Crippen LogP contribution in [0.2, 0.25) is 0 Å². The quantitative estimate of drug-likeness (QED) is 0.164. The maximum Gasteiger partial charge on any atom is 0.319 e. The fourth-order valence-electron chi connectivity index (χ4n) is 8.35. The van der Waals surface area contributed by atoms with E-state index < -0.39 is 35.3 Å². The molecule has 3 aliphatic rings. The monoisotopic (exact) mass is 730 g/mol. The molecule has 0 radical (unpaired) electrons. The van der Waals surface area contributed by atoms with Gasteiger partial charge in [0.25, 0.3) is 0 Å². The third kappa shape index (κ3) is 5.66. The molecule has 6 heterocycles. The Morgan fingerprint density at radius 2 is 2.04 bits per heavy atom. The molecule has 3 aromatic heterocycles. The van der Waals surface area contributed by atoms with Crippen LogP contribution >= 0.6 is 0 Å². The van der Waals surface area contributed by atoms with Crippen molar-refractivity contribution in [1.29, 1.82) is 5.26 Å². The van der Waals surface area contributed by atoms with Gasteiger partial charge in [-0.3, -0.25) is 14.8 Å². The van der Waals surface area contributed by atoms with Gasteiger partial charge < -0.3 is 24.5 Å². The molecule has 1 amide bonds. The number of hydrogen-bond acceptors (Lipinski definition) is 10. The van der Waals surface area contributed by atoms with Crippen LogP contribution < -0.4 is 14.5 Å². The summed E-state index contributed by atoms with van der Waals surface area (Å²) in [7, 11) is 0. The largest absolute Gasteiger partial charge is 0.508 e. The van der Waals surface area contributed by atoms with Gasteiger partial charge in [-0.1, -0.05) is 18.6 Å². The number of amides is 1. The highest BCUT2D eigenvalue weighted by atomic mass is 19.1. The third-order valence-electron chi connectivity index (χ3n) is 10.7. The van der Waals surface area contributed by atoms with Gasteiger partial charge >= 0.3 is 6.01 Å². The number of carbonyl (C=O) groups is 1. The highest BCUT2D eigenvalue weighted by Crippen LogP contribution is 2.42. The van der Waals surface area contributed by atoms with E-state index >= 15 is 8.78 Å². The first-order chi connectivity index (χ1) is 26.0. The number of aromatic nitrogens is 4. The van der Waals surface area contributed by atoms with E-state index in [0.29, 0.717) is 17.5 Å². The van der Waals surface area contributed by atoms with E-state index in [9.17, 15) is 19.6 Å². The van der Waals surface area contributed by atoms with Crippen LogP contribution in [-0.2, 0) is 4.79 Å². The number of phenols is 1. The lowest BCUT2D eigenvalue weighted by Gasteiger charge is -2.41. The number of ether oxygens (including phenoxy) is 1. The van der Waals surface area contributed by atoms with E-state index in [-0.39, 0.29) is 95.3 Å². The van der Waals surface area contributed by atoms with Crippen molar-refractivity contribution in [3.05, 3.63) is 84.8 Å². The Balaban J connectivity index is 1.26. The number of alkyl halides is 1. The highest BCUT2D eigenvalue weighted by molar-refractivity contribution is 6.03. The number of halogens is 3. The molecule has 0 spiro atoms. The number of pyridine rings is 2. The van der Waals surface area contributed by atoms with Crippen molar-refractivity contribution >= 4 is 39.1 Å². The molecule has 8 rings (SSSR count). The Bertz CT molecular complexity index is 2440. The second-order valence-electron chi connectivity index (χ2n) is 14.1. The van der Waals surface area contributed by atoms with Crippen molar-refractivity contribution in [3.63, 3.8) is 0 Å². The fraction of sp³-hybridized carbons (Fsp3) is 0.300. The van der Waals surface area contributed by atoms with Crippen LogP contribution in [0.1, 0.15) is 25.3 Å². The molecule has 272 valence electrons. The molecule has 0 saturated carbocycles. The minimum Gasteiger partial charge on any atom is -0.508 e. The Labute approximate surface area is 308 Å². The lowest BCUT2D eigenvalue weighted by Crippen LogP contribution is -2.56. The zero-order valence-electron chi connectivity index (χ0n) is 29.1. The summed E-state index contributed by atoms with van der Waals surface area (Å²) in [6.07, 6.45) is 11.0. The molecule has 2 bridgehead atoms. The van der Waals surface area contributed by atoms with E-state index in [4.69, 9.17) is 16.1 Å². The van der Waals surface area contributed by atoms with E-state index in [1.165, 1.54) is 36.5 Å². The zero-order valence-corrected chi connectivity index (χ0v) is 29.1. The first-order valence-electron chi connectivity index (χ1n) is 17.4. The molecule has 0 aliphatic carbocycles. The van der Waals surface area contributed by atoms with Gasteiger partial charge in [0.15, 0.2) is 5.82 Å². The molecule has 14 heteroatoms. The summed E-state index contributed by atoms with van der Waals surface area (Å²) in [5, 5.41) is 21.4. The van der Waals surface area contributed by atoms with Gasteiger partial charge in [0.2, 0.25) is 5.91 Å². The number of benzene rings is 2. The number of anilines is 2. The van der Waals surface area contributed by atoms with Crippen molar-refractivity contribution in [2.24, 2.45) is 5.92 Å². The second kappa shape index (κ2) is 13.2. The zero-order chi connectivity index (χ0) is 37.9. The van der Waals surface area contributed by atoms with Crippen molar-refractivity contribution in [2.75, 3.05) is 36.0 Å². The second-order valence-corrected chi connectivity index (χ2v) is 14.1. The SMILES string of the molecule is C#Cc1c(F)ccc2cc(O)cc(-c3ncc4c(N5C[C@H]6CC(C#N)[C@@H](C5)N6C(=O)C=C)nc(OC[C@]5(C)C[C@@H](F)CN5c5cccnc5)nc4c3F)c12. The van der Waals surface area contributed by atoms with E-state index in [0.717, 1.165) is 0 Å². The molecule has 3 saturated heterocycles. The number of terminal acetylenes is 1. The first-order valence-corrected chi connectivity index (χ1v) is 17.4. The molecule has 11 nitrogen and oxygen atoms in total. The van der Waals surface area contributed by atoms with Gasteiger partial charge in [0.1, 0.15) is 41.4 Å². The summed E-state index contributed by atoms with van der Waals surface area (Å²) in [4.78, 5) is 36.2. The minimum atomic E-state index is -1.15. The molecule has 1 unspecified atom stereocenters. The molecular formula is C40H33F3N8O3. The first kappa shape index (κ1) is 34.7. The topological polar surface area (TPSA) is 132 Å². The van der Waals surface area contributed by atoms with Crippen LogP contribution in [0.25, 0.3) is 32.9 Å². The number of piperazine rings is 1. The van der Waals surface area contributed by atoms with Crippen LogP contribution in [0.4, 0.5) is 24.7 Å². The Hall–Kier alpha value is -6.41.